The molecule has 0 saturated heterocycles. The lowest BCUT2D eigenvalue weighted by Crippen LogP contribution is -2.35. The van der Waals surface area contributed by atoms with Gasteiger partial charge in [-0.05, 0) is 43.9 Å². The first-order chi connectivity index (χ1) is 10.1. The van der Waals surface area contributed by atoms with E-state index in [-0.39, 0.29) is 0 Å². The van der Waals surface area contributed by atoms with Gasteiger partial charge in [0.1, 0.15) is 0 Å². The number of anilines is 2. The second-order valence-electron chi connectivity index (χ2n) is 6.58. The number of pyridine rings is 1. The highest BCUT2D eigenvalue weighted by Gasteiger charge is 2.23. The molecule has 0 aliphatic heterocycles. The SMILES string of the molecule is Cc1cc2c(N(C)C3CCCC(C)C3)ccc(N)c2cn1. The van der Waals surface area contributed by atoms with Crippen LogP contribution in [-0.4, -0.2) is 18.1 Å². The third-order valence-electron chi connectivity index (χ3n) is 4.88. The molecule has 1 aliphatic carbocycles. The van der Waals surface area contributed by atoms with Gasteiger partial charge in [0.2, 0.25) is 0 Å². The van der Waals surface area contributed by atoms with E-state index in [9.17, 15) is 0 Å². The van der Waals surface area contributed by atoms with Crippen molar-refractivity contribution < 1.29 is 0 Å². The molecule has 0 spiro atoms. The minimum absolute atomic E-state index is 0.633. The Kier molecular flexibility index (Phi) is 3.75. The Morgan fingerprint density at radius 1 is 1.24 bits per heavy atom. The summed E-state index contributed by atoms with van der Waals surface area (Å²) in [6.45, 7) is 4.41. The van der Waals surface area contributed by atoms with Gasteiger partial charge in [-0.25, -0.2) is 0 Å². The number of nitrogen functional groups attached to an aromatic ring is 1. The Bertz CT molecular complexity index is 650. The molecule has 112 valence electrons. The van der Waals surface area contributed by atoms with Gasteiger partial charge in [-0.1, -0.05) is 19.8 Å². The van der Waals surface area contributed by atoms with Crippen molar-refractivity contribution in [3.05, 3.63) is 30.1 Å². The van der Waals surface area contributed by atoms with E-state index in [1.165, 1.54) is 36.8 Å². The zero-order chi connectivity index (χ0) is 15.0. The second kappa shape index (κ2) is 5.55. The second-order valence-corrected chi connectivity index (χ2v) is 6.58. The summed E-state index contributed by atoms with van der Waals surface area (Å²) in [4.78, 5) is 6.85. The molecule has 2 atom stereocenters. The number of hydrogen-bond acceptors (Lipinski definition) is 3. The summed E-state index contributed by atoms with van der Waals surface area (Å²) in [5, 5.41) is 2.29. The van der Waals surface area contributed by atoms with Crippen LogP contribution in [0, 0.1) is 12.8 Å². The van der Waals surface area contributed by atoms with Crippen molar-refractivity contribution in [2.45, 2.75) is 45.6 Å². The first kappa shape index (κ1) is 14.2. The van der Waals surface area contributed by atoms with Crippen LogP contribution in [0.1, 0.15) is 38.3 Å². The van der Waals surface area contributed by atoms with Crippen molar-refractivity contribution in [3.8, 4) is 0 Å². The van der Waals surface area contributed by atoms with Crippen LogP contribution in [0.25, 0.3) is 10.8 Å². The minimum Gasteiger partial charge on any atom is -0.398 e. The highest BCUT2D eigenvalue weighted by Crippen LogP contribution is 2.35. The fraction of sp³-hybridized carbons (Fsp3) is 0.500. The predicted octanol–water partition coefficient (Wildman–Crippen LogP) is 4.14. The number of benzene rings is 1. The van der Waals surface area contributed by atoms with E-state index in [0.717, 1.165) is 22.7 Å². The summed E-state index contributed by atoms with van der Waals surface area (Å²) in [6.07, 6.45) is 7.18. The fourth-order valence-electron chi connectivity index (χ4n) is 3.61. The molecule has 3 nitrogen and oxygen atoms in total. The van der Waals surface area contributed by atoms with Crippen LogP contribution in [0.15, 0.2) is 24.4 Å². The smallest absolute Gasteiger partial charge is 0.0448 e. The van der Waals surface area contributed by atoms with Gasteiger partial charge >= 0.3 is 0 Å². The first-order valence-electron chi connectivity index (χ1n) is 7.94. The summed E-state index contributed by atoms with van der Waals surface area (Å²) < 4.78 is 0. The minimum atomic E-state index is 0.633. The molecule has 3 heteroatoms. The Hall–Kier alpha value is -1.77. The van der Waals surface area contributed by atoms with Crippen molar-refractivity contribution in [1.82, 2.24) is 4.98 Å². The number of rotatable bonds is 2. The predicted molar refractivity (Wildman–Crippen MR) is 90.7 cm³/mol. The molecule has 2 N–H and O–H groups in total. The molecule has 2 aromatic rings. The average Bonchev–Trinajstić information content (AvgIpc) is 2.47. The number of aromatic nitrogens is 1. The molecule has 0 amide bonds. The fourth-order valence-corrected chi connectivity index (χ4v) is 3.61. The van der Waals surface area contributed by atoms with Gasteiger partial charge in [-0.3, -0.25) is 4.98 Å². The van der Waals surface area contributed by atoms with Crippen molar-refractivity contribution in [3.63, 3.8) is 0 Å². The van der Waals surface area contributed by atoms with Gasteiger partial charge in [0.25, 0.3) is 0 Å². The molecule has 1 fully saturated rings. The number of nitrogens with zero attached hydrogens (tertiary/aromatic N) is 2. The van der Waals surface area contributed by atoms with Crippen molar-refractivity contribution in [2.24, 2.45) is 5.92 Å². The Morgan fingerprint density at radius 2 is 2.05 bits per heavy atom. The molecule has 1 saturated carbocycles. The summed E-state index contributed by atoms with van der Waals surface area (Å²) in [5.41, 5.74) is 9.25. The number of nitrogens with two attached hydrogens (primary N) is 1. The van der Waals surface area contributed by atoms with Gasteiger partial charge in [-0.15, -0.1) is 0 Å². The highest BCUT2D eigenvalue weighted by atomic mass is 15.1. The van der Waals surface area contributed by atoms with Gasteiger partial charge in [0.05, 0.1) is 0 Å². The van der Waals surface area contributed by atoms with Crippen molar-refractivity contribution in [1.29, 1.82) is 0 Å². The lowest BCUT2D eigenvalue weighted by Gasteiger charge is -2.36. The average molecular weight is 283 g/mol. The molecule has 21 heavy (non-hydrogen) atoms. The molecule has 1 aromatic carbocycles. The van der Waals surface area contributed by atoms with Crippen LogP contribution in [0.5, 0.6) is 0 Å². The zero-order valence-electron chi connectivity index (χ0n) is 13.3. The Labute approximate surface area is 127 Å². The Balaban J connectivity index is 2.03. The van der Waals surface area contributed by atoms with Gasteiger partial charge in [-0.2, -0.15) is 0 Å². The van der Waals surface area contributed by atoms with E-state index in [1.807, 2.05) is 19.2 Å². The maximum absolute atomic E-state index is 6.12. The molecule has 0 radical (unpaired) electrons. The summed E-state index contributed by atoms with van der Waals surface area (Å²) in [6, 6.07) is 6.96. The van der Waals surface area contributed by atoms with E-state index < -0.39 is 0 Å². The van der Waals surface area contributed by atoms with E-state index >= 15 is 0 Å². The normalized spacial score (nSPS) is 22.4. The molecule has 3 rings (SSSR count). The molecule has 1 heterocycles. The standard InChI is InChI=1S/C18H25N3/c1-12-5-4-6-14(9-12)21(3)18-8-7-17(19)16-11-20-13(2)10-15(16)18/h7-8,10-12,14H,4-6,9,19H2,1-3H3. The van der Waals surface area contributed by atoms with Gasteiger partial charge in [0.15, 0.2) is 0 Å². The third-order valence-corrected chi connectivity index (χ3v) is 4.88. The lowest BCUT2D eigenvalue weighted by molar-refractivity contribution is 0.337. The highest BCUT2D eigenvalue weighted by molar-refractivity contribution is 6.01. The quantitative estimate of drug-likeness (QED) is 0.842. The van der Waals surface area contributed by atoms with Crippen molar-refractivity contribution in [2.75, 3.05) is 17.7 Å². The summed E-state index contributed by atoms with van der Waals surface area (Å²) in [7, 11) is 2.23. The van der Waals surface area contributed by atoms with Gasteiger partial charge in [0, 0.05) is 47.1 Å². The molecule has 1 aliphatic rings. The number of fused-ring (bicyclic) bond motifs is 1. The number of hydrogen-bond donors (Lipinski definition) is 1. The molecule has 1 aromatic heterocycles. The van der Waals surface area contributed by atoms with Crippen LogP contribution in [-0.2, 0) is 0 Å². The van der Waals surface area contributed by atoms with E-state index in [4.69, 9.17) is 5.73 Å². The molecular weight excluding hydrogens is 258 g/mol. The Morgan fingerprint density at radius 3 is 2.81 bits per heavy atom. The maximum Gasteiger partial charge on any atom is 0.0448 e. The van der Waals surface area contributed by atoms with Crippen LogP contribution in [0.3, 0.4) is 0 Å². The first-order valence-corrected chi connectivity index (χ1v) is 7.94. The number of aryl methyl sites for hydroxylation is 1. The van der Waals surface area contributed by atoms with Crippen LogP contribution in [0.4, 0.5) is 11.4 Å². The lowest BCUT2D eigenvalue weighted by atomic mass is 9.86. The van der Waals surface area contributed by atoms with E-state index in [2.05, 4.69) is 36.0 Å². The maximum atomic E-state index is 6.12. The topological polar surface area (TPSA) is 42.1 Å². The summed E-state index contributed by atoms with van der Waals surface area (Å²) in [5.74, 6) is 0.828. The molecule has 2 unspecified atom stereocenters. The molecular formula is C18H25N3. The van der Waals surface area contributed by atoms with E-state index in [1.54, 1.807) is 0 Å². The van der Waals surface area contributed by atoms with Gasteiger partial charge < -0.3 is 10.6 Å². The molecule has 0 bridgehead atoms. The van der Waals surface area contributed by atoms with E-state index in [0.29, 0.717) is 6.04 Å². The van der Waals surface area contributed by atoms with Crippen LogP contribution >= 0.6 is 0 Å². The monoisotopic (exact) mass is 283 g/mol. The largest absolute Gasteiger partial charge is 0.398 e. The summed E-state index contributed by atoms with van der Waals surface area (Å²) >= 11 is 0. The third kappa shape index (κ3) is 2.69. The van der Waals surface area contributed by atoms with Crippen molar-refractivity contribution >= 4 is 22.1 Å². The van der Waals surface area contributed by atoms with Crippen LogP contribution in [0.2, 0.25) is 0 Å². The van der Waals surface area contributed by atoms with Crippen LogP contribution < -0.4 is 10.6 Å². The zero-order valence-corrected chi connectivity index (χ0v) is 13.3.